The maximum absolute atomic E-state index is 12.4. The maximum Gasteiger partial charge on any atom is 0.234 e. The molecule has 1 aromatic rings. The number of carbonyl (C=O) groups is 2. The van der Waals surface area contributed by atoms with Crippen molar-refractivity contribution in [2.24, 2.45) is 11.8 Å². The molecule has 110 valence electrons. The molecule has 1 N–H and O–H groups in total. The van der Waals surface area contributed by atoms with E-state index in [4.69, 9.17) is 11.6 Å². The van der Waals surface area contributed by atoms with Gasteiger partial charge in [0, 0.05) is 10.7 Å². The third kappa shape index (κ3) is 2.68. The van der Waals surface area contributed by atoms with E-state index < -0.39 is 0 Å². The van der Waals surface area contributed by atoms with E-state index in [0.717, 1.165) is 11.3 Å². The fourth-order valence-corrected chi connectivity index (χ4v) is 3.23. The highest BCUT2D eigenvalue weighted by Crippen LogP contribution is 2.38. The van der Waals surface area contributed by atoms with Gasteiger partial charge in [0.15, 0.2) is 0 Å². The van der Waals surface area contributed by atoms with Crippen LogP contribution < -0.4 is 5.32 Å². The summed E-state index contributed by atoms with van der Waals surface area (Å²) in [7, 11) is 0. The summed E-state index contributed by atoms with van der Waals surface area (Å²) in [5.74, 6) is -0.726. The predicted molar refractivity (Wildman–Crippen MR) is 81.7 cm³/mol. The number of allylic oxidation sites excluding steroid dienone is 2. The topological polar surface area (TPSA) is 49.4 Å². The Morgan fingerprint density at radius 1 is 1.29 bits per heavy atom. The Kier molecular flexibility index (Phi) is 3.72. The smallest absolute Gasteiger partial charge is 0.234 e. The summed E-state index contributed by atoms with van der Waals surface area (Å²) in [4.78, 5) is 26.0. The summed E-state index contributed by atoms with van der Waals surface area (Å²) in [5, 5.41) is 3.83. The molecular formula is C16H17ClN2O2. The Morgan fingerprint density at radius 2 is 2.05 bits per heavy atom. The average Bonchev–Trinajstić information content (AvgIpc) is 2.69. The summed E-state index contributed by atoms with van der Waals surface area (Å²) in [5.41, 5.74) is 2.03. The molecule has 4 nitrogen and oxygen atoms in total. The van der Waals surface area contributed by atoms with Crippen molar-refractivity contribution < 1.29 is 9.59 Å². The molecular weight excluding hydrogens is 288 g/mol. The molecule has 0 aromatic heterocycles. The quantitative estimate of drug-likeness (QED) is 0.874. The normalized spacial score (nSPS) is 24.9. The highest BCUT2D eigenvalue weighted by Gasteiger charge is 2.48. The van der Waals surface area contributed by atoms with Crippen molar-refractivity contribution >= 4 is 29.1 Å². The van der Waals surface area contributed by atoms with Gasteiger partial charge < -0.3 is 5.32 Å². The first kappa shape index (κ1) is 14.1. The summed E-state index contributed by atoms with van der Waals surface area (Å²) < 4.78 is 0. The van der Waals surface area contributed by atoms with Crippen LogP contribution in [0.4, 0.5) is 5.69 Å². The molecule has 0 unspecified atom stereocenters. The van der Waals surface area contributed by atoms with Gasteiger partial charge in [-0.2, -0.15) is 0 Å². The van der Waals surface area contributed by atoms with Crippen molar-refractivity contribution in [3.63, 3.8) is 0 Å². The number of anilines is 1. The standard InChI is InChI=1S/C16H17ClN2O2/c1-10-3-2-4-12(7-10)18-9-19-15(20)13-6-5-11(17)8-14(13)16(19)21/h2-5,7,13-14,18H,6,8-9H2,1H3/t13-,14-/m0/s1. The van der Waals surface area contributed by atoms with Crippen LogP contribution >= 0.6 is 11.6 Å². The lowest BCUT2D eigenvalue weighted by molar-refractivity contribution is -0.139. The van der Waals surface area contributed by atoms with Gasteiger partial charge in [0.25, 0.3) is 0 Å². The zero-order chi connectivity index (χ0) is 15.0. The second-order valence-electron chi connectivity index (χ2n) is 5.61. The number of rotatable bonds is 3. The number of carbonyl (C=O) groups excluding carboxylic acids is 2. The van der Waals surface area contributed by atoms with Gasteiger partial charge >= 0.3 is 0 Å². The SMILES string of the molecule is Cc1cccc(NCN2C(=O)[C@H]3CC=C(Cl)C[C@@H]3C2=O)c1. The van der Waals surface area contributed by atoms with E-state index in [1.54, 1.807) is 0 Å². The minimum atomic E-state index is -0.283. The van der Waals surface area contributed by atoms with E-state index in [1.807, 2.05) is 37.3 Å². The van der Waals surface area contributed by atoms with Crippen LogP contribution in [0.15, 0.2) is 35.4 Å². The summed E-state index contributed by atoms with van der Waals surface area (Å²) in [6, 6.07) is 7.84. The lowest BCUT2D eigenvalue weighted by atomic mass is 9.85. The van der Waals surface area contributed by atoms with Crippen LogP contribution in [-0.2, 0) is 9.59 Å². The van der Waals surface area contributed by atoms with Gasteiger partial charge in [-0.3, -0.25) is 14.5 Å². The first-order chi connectivity index (χ1) is 10.1. The summed E-state index contributed by atoms with van der Waals surface area (Å²) >= 11 is 6.00. The van der Waals surface area contributed by atoms with Crippen molar-refractivity contribution in [1.82, 2.24) is 4.90 Å². The molecule has 0 saturated carbocycles. The Hall–Kier alpha value is -1.81. The molecule has 1 heterocycles. The Morgan fingerprint density at radius 3 is 2.81 bits per heavy atom. The highest BCUT2D eigenvalue weighted by molar-refractivity contribution is 6.30. The largest absolute Gasteiger partial charge is 0.367 e. The van der Waals surface area contributed by atoms with E-state index in [0.29, 0.717) is 17.9 Å². The molecule has 0 radical (unpaired) electrons. The second-order valence-corrected chi connectivity index (χ2v) is 6.10. The fourth-order valence-electron chi connectivity index (χ4n) is 2.98. The molecule has 2 aliphatic rings. The van der Waals surface area contributed by atoms with E-state index in [1.165, 1.54) is 4.90 Å². The van der Waals surface area contributed by atoms with Crippen molar-refractivity contribution in [1.29, 1.82) is 0 Å². The maximum atomic E-state index is 12.4. The molecule has 1 aliphatic carbocycles. The Labute approximate surface area is 128 Å². The monoisotopic (exact) mass is 304 g/mol. The van der Waals surface area contributed by atoms with Crippen molar-refractivity contribution in [3.05, 3.63) is 40.9 Å². The average molecular weight is 305 g/mol. The van der Waals surface area contributed by atoms with Gasteiger partial charge in [-0.1, -0.05) is 29.8 Å². The lowest BCUT2D eigenvalue weighted by Crippen LogP contribution is -2.35. The Balaban J connectivity index is 1.70. The molecule has 2 atom stereocenters. The molecule has 1 fully saturated rings. The van der Waals surface area contributed by atoms with Crippen molar-refractivity contribution in [2.45, 2.75) is 19.8 Å². The number of nitrogens with zero attached hydrogens (tertiary/aromatic N) is 1. The van der Waals surface area contributed by atoms with Gasteiger partial charge in [-0.05, 0) is 37.5 Å². The van der Waals surface area contributed by atoms with Crippen LogP contribution in [0.5, 0.6) is 0 Å². The molecule has 0 bridgehead atoms. The van der Waals surface area contributed by atoms with Gasteiger partial charge in [0.1, 0.15) is 0 Å². The zero-order valence-electron chi connectivity index (χ0n) is 11.8. The lowest BCUT2D eigenvalue weighted by Gasteiger charge is -2.17. The molecule has 5 heteroatoms. The number of likely N-dealkylation sites (tertiary alicyclic amines) is 1. The summed E-state index contributed by atoms with van der Waals surface area (Å²) in [6.45, 7) is 2.21. The van der Waals surface area contributed by atoms with Gasteiger partial charge in [-0.15, -0.1) is 0 Å². The summed E-state index contributed by atoms with van der Waals surface area (Å²) in [6.07, 6.45) is 2.90. The number of amides is 2. The highest BCUT2D eigenvalue weighted by atomic mass is 35.5. The molecule has 3 rings (SSSR count). The first-order valence-electron chi connectivity index (χ1n) is 7.06. The van der Waals surface area contributed by atoms with Gasteiger partial charge in [0.05, 0.1) is 18.5 Å². The van der Waals surface area contributed by atoms with Gasteiger partial charge in [0.2, 0.25) is 11.8 Å². The van der Waals surface area contributed by atoms with Crippen LogP contribution in [0.3, 0.4) is 0 Å². The van der Waals surface area contributed by atoms with E-state index >= 15 is 0 Å². The third-order valence-electron chi connectivity index (χ3n) is 4.12. The molecule has 21 heavy (non-hydrogen) atoms. The minimum absolute atomic E-state index is 0.0921. The van der Waals surface area contributed by atoms with Crippen LogP contribution in [-0.4, -0.2) is 23.4 Å². The van der Waals surface area contributed by atoms with Crippen LogP contribution in [0.2, 0.25) is 0 Å². The number of hydrogen-bond donors (Lipinski definition) is 1. The fraction of sp³-hybridized carbons (Fsp3) is 0.375. The Bertz CT molecular complexity index is 626. The number of aryl methyl sites for hydroxylation is 1. The molecule has 1 aliphatic heterocycles. The van der Waals surface area contributed by atoms with E-state index in [2.05, 4.69) is 5.32 Å². The van der Waals surface area contributed by atoms with E-state index in [-0.39, 0.29) is 30.3 Å². The predicted octanol–water partition coefficient (Wildman–Crippen LogP) is 2.88. The number of fused-ring (bicyclic) bond motifs is 1. The molecule has 1 saturated heterocycles. The first-order valence-corrected chi connectivity index (χ1v) is 7.44. The molecule has 0 spiro atoms. The number of benzene rings is 1. The number of nitrogens with one attached hydrogen (secondary N) is 1. The molecule has 1 aromatic carbocycles. The zero-order valence-corrected chi connectivity index (χ0v) is 12.6. The minimum Gasteiger partial charge on any atom is -0.367 e. The van der Waals surface area contributed by atoms with E-state index in [9.17, 15) is 9.59 Å². The van der Waals surface area contributed by atoms with Crippen molar-refractivity contribution in [3.8, 4) is 0 Å². The molecule has 2 amide bonds. The number of hydrogen-bond acceptors (Lipinski definition) is 3. The van der Waals surface area contributed by atoms with Crippen LogP contribution in [0.1, 0.15) is 18.4 Å². The van der Waals surface area contributed by atoms with Crippen LogP contribution in [0.25, 0.3) is 0 Å². The number of imide groups is 1. The third-order valence-corrected chi connectivity index (χ3v) is 4.43. The van der Waals surface area contributed by atoms with Crippen LogP contribution in [0, 0.1) is 18.8 Å². The second kappa shape index (κ2) is 5.53. The van der Waals surface area contributed by atoms with Crippen molar-refractivity contribution in [2.75, 3.05) is 12.0 Å². The number of halogens is 1. The van der Waals surface area contributed by atoms with Gasteiger partial charge in [-0.25, -0.2) is 0 Å².